The van der Waals surface area contributed by atoms with Crippen LogP contribution in [0.4, 0.5) is 0 Å². The highest BCUT2D eigenvalue weighted by molar-refractivity contribution is 7.17. The van der Waals surface area contributed by atoms with Gasteiger partial charge in [-0.2, -0.15) is 0 Å². The van der Waals surface area contributed by atoms with Gasteiger partial charge in [-0.15, -0.1) is 16.4 Å². The number of rotatable bonds is 1. The molecule has 0 N–H and O–H groups in total. The van der Waals surface area contributed by atoms with Crippen LogP contribution in [0, 0.1) is 0 Å². The number of thiophene rings is 1. The molecule has 0 atom stereocenters. The molecule has 0 radical (unpaired) electrons. The standard InChI is InChI=1S/C14H9N3S/c1-4-8-14-10(5-1)13(9-18-14)17-12-7-3-2-6-11(12)15-16-17/h1-9H. The van der Waals surface area contributed by atoms with E-state index in [-0.39, 0.29) is 0 Å². The summed E-state index contributed by atoms with van der Waals surface area (Å²) in [6.07, 6.45) is 0. The smallest absolute Gasteiger partial charge is 0.113 e. The molecular formula is C14H9N3S. The minimum atomic E-state index is 0.924. The summed E-state index contributed by atoms with van der Waals surface area (Å²) >= 11 is 1.73. The molecule has 0 aliphatic carbocycles. The Labute approximate surface area is 107 Å². The van der Waals surface area contributed by atoms with E-state index in [9.17, 15) is 0 Å². The minimum Gasteiger partial charge on any atom is -0.211 e. The molecule has 0 fully saturated rings. The summed E-state index contributed by atoms with van der Waals surface area (Å²) < 4.78 is 3.18. The normalized spacial score (nSPS) is 11.3. The van der Waals surface area contributed by atoms with Crippen molar-refractivity contribution in [1.82, 2.24) is 15.0 Å². The Bertz CT molecular complexity index is 772. The van der Waals surface area contributed by atoms with Crippen molar-refractivity contribution in [3.05, 3.63) is 53.9 Å². The van der Waals surface area contributed by atoms with Crippen LogP contribution >= 0.6 is 11.3 Å². The van der Waals surface area contributed by atoms with Crippen molar-refractivity contribution in [2.75, 3.05) is 0 Å². The molecule has 2 aromatic heterocycles. The van der Waals surface area contributed by atoms with Crippen molar-refractivity contribution < 1.29 is 0 Å². The van der Waals surface area contributed by atoms with Crippen LogP contribution in [0.2, 0.25) is 0 Å². The average molecular weight is 251 g/mol. The monoisotopic (exact) mass is 251 g/mol. The molecule has 18 heavy (non-hydrogen) atoms. The molecule has 0 aliphatic rings. The number of aromatic nitrogens is 3. The van der Waals surface area contributed by atoms with Gasteiger partial charge in [0.2, 0.25) is 0 Å². The zero-order valence-electron chi connectivity index (χ0n) is 9.45. The van der Waals surface area contributed by atoms with Crippen LogP contribution in [0.15, 0.2) is 53.9 Å². The van der Waals surface area contributed by atoms with Crippen LogP contribution in [-0.4, -0.2) is 15.0 Å². The predicted octanol–water partition coefficient (Wildman–Crippen LogP) is 3.64. The summed E-state index contributed by atoms with van der Waals surface area (Å²) in [6, 6.07) is 16.4. The van der Waals surface area contributed by atoms with Crippen LogP contribution in [0.5, 0.6) is 0 Å². The van der Waals surface area contributed by atoms with Crippen molar-refractivity contribution in [3.63, 3.8) is 0 Å². The third-order valence-corrected chi connectivity index (χ3v) is 3.99. The number of nitrogens with zero attached hydrogens (tertiary/aromatic N) is 3. The largest absolute Gasteiger partial charge is 0.211 e. The molecule has 0 bridgehead atoms. The topological polar surface area (TPSA) is 30.7 Å². The van der Waals surface area contributed by atoms with E-state index in [1.807, 2.05) is 28.9 Å². The number of hydrogen-bond donors (Lipinski definition) is 0. The Balaban J connectivity index is 2.08. The van der Waals surface area contributed by atoms with Gasteiger partial charge in [-0.25, -0.2) is 4.68 Å². The highest BCUT2D eigenvalue weighted by Crippen LogP contribution is 2.29. The number of para-hydroxylation sites is 1. The van der Waals surface area contributed by atoms with Gasteiger partial charge in [-0.05, 0) is 18.2 Å². The summed E-state index contributed by atoms with van der Waals surface area (Å²) in [5.74, 6) is 0. The molecule has 2 aromatic carbocycles. The van der Waals surface area contributed by atoms with Crippen molar-refractivity contribution in [1.29, 1.82) is 0 Å². The molecule has 0 saturated heterocycles. The summed E-state index contributed by atoms with van der Waals surface area (Å²) in [5.41, 5.74) is 3.07. The summed E-state index contributed by atoms with van der Waals surface area (Å²) in [5, 5.41) is 11.8. The lowest BCUT2D eigenvalue weighted by molar-refractivity contribution is 0.831. The molecule has 4 aromatic rings. The van der Waals surface area contributed by atoms with Gasteiger partial charge in [-0.3, -0.25) is 0 Å². The Hall–Kier alpha value is -2.20. The van der Waals surface area contributed by atoms with E-state index >= 15 is 0 Å². The molecule has 86 valence electrons. The van der Waals surface area contributed by atoms with Gasteiger partial charge < -0.3 is 0 Å². The van der Waals surface area contributed by atoms with Gasteiger partial charge in [0.1, 0.15) is 5.52 Å². The Morgan fingerprint density at radius 2 is 1.78 bits per heavy atom. The maximum absolute atomic E-state index is 4.26. The lowest BCUT2D eigenvalue weighted by Gasteiger charge is -1.99. The van der Waals surface area contributed by atoms with Crippen molar-refractivity contribution in [2.45, 2.75) is 0 Å². The van der Waals surface area contributed by atoms with E-state index in [1.165, 1.54) is 10.1 Å². The fourth-order valence-corrected chi connectivity index (χ4v) is 3.10. The van der Waals surface area contributed by atoms with E-state index in [0.29, 0.717) is 0 Å². The fraction of sp³-hybridized carbons (Fsp3) is 0. The van der Waals surface area contributed by atoms with E-state index in [0.717, 1.165) is 16.7 Å². The third kappa shape index (κ3) is 1.29. The van der Waals surface area contributed by atoms with Gasteiger partial charge in [0.05, 0.1) is 11.2 Å². The Morgan fingerprint density at radius 3 is 2.78 bits per heavy atom. The first-order valence-electron chi connectivity index (χ1n) is 5.70. The van der Waals surface area contributed by atoms with Gasteiger partial charge in [0, 0.05) is 15.5 Å². The van der Waals surface area contributed by atoms with Crippen LogP contribution in [0.1, 0.15) is 0 Å². The van der Waals surface area contributed by atoms with E-state index in [2.05, 4.69) is 40.0 Å². The molecule has 3 nitrogen and oxygen atoms in total. The van der Waals surface area contributed by atoms with Crippen molar-refractivity contribution >= 4 is 32.5 Å². The van der Waals surface area contributed by atoms with Crippen LogP contribution in [-0.2, 0) is 0 Å². The highest BCUT2D eigenvalue weighted by Gasteiger charge is 2.10. The van der Waals surface area contributed by atoms with Gasteiger partial charge in [0.25, 0.3) is 0 Å². The van der Waals surface area contributed by atoms with Crippen LogP contribution in [0.25, 0.3) is 26.8 Å². The van der Waals surface area contributed by atoms with E-state index in [4.69, 9.17) is 0 Å². The fourth-order valence-electron chi connectivity index (χ4n) is 2.17. The molecule has 0 spiro atoms. The average Bonchev–Trinajstić information content (AvgIpc) is 3.01. The first-order chi connectivity index (χ1) is 8.93. The van der Waals surface area contributed by atoms with Crippen LogP contribution < -0.4 is 0 Å². The van der Waals surface area contributed by atoms with Crippen LogP contribution in [0.3, 0.4) is 0 Å². The first-order valence-corrected chi connectivity index (χ1v) is 6.58. The van der Waals surface area contributed by atoms with E-state index < -0.39 is 0 Å². The molecular weight excluding hydrogens is 242 g/mol. The van der Waals surface area contributed by atoms with Crippen molar-refractivity contribution in [3.8, 4) is 5.69 Å². The molecule has 0 unspecified atom stereocenters. The molecule has 4 heteroatoms. The van der Waals surface area contributed by atoms with Crippen molar-refractivity contribution in [2.24, 2.45) is 0 Å². The molecule has 0 aliphatic heterocycles. The first kappa shape index (κ1) is 9.79. The number of fused-ring (bicyclic) bond motifs is 2. The second-order valence-electron chi connectivity index (χ2n) is 4.11. The third-order valence-electron chi connectivity index (χ3n) is 3.04. The zero-order chi connectivity index (χ0) is 11.9. The van der Waals surface area contributed by atoms with Gasteiger partial charge in [-0.1, -0.05) is 35.5 Å². The number of hydrogen-bond acceptors (Lipinski definition) is 3. The highest BCUT2D eigenvalue weighted by atomic mass is 32.1. The van der Waals surface area contributed by atoms with E-state index in [1.54, 1.807) is 11.3 Å². The quantitative estimate of drug-likeness (QED) is 0.517. The Morgan fingerprint density at radius 1 is 0.944 bits per heavy atom. The lowest BCUT2D eigenvalue weighted by Crippen LogP contribution is -1.94. The Kier molecular flexibility index (Phi) is 1.98. The SMILES string of the molecule is c1ccc2c(c1)nnn2-c1csc2ccccc12. The van der Waals surface area contributed by atoms with Gasteiger partial charge >= 0.3 is 0 Å². The maximum atomic E-state index is 4.26. The second kappa shape index (κ2) is 3.65. The molecule has 0 saturated carbocycles. The zero-order valence-corrected chi connectivity index (χ0v) is 10.3. The molecule has 2 heterocycles. The second-order valence-corrected chi connectivity index (χ2v) is 5.02. The number of benzene rings is 2. The summed E-state index contributed by atoms with van der Waals surface area (Å²) in [6.45, 7) is 0. The predicted molar refractivity (Wildman–Crippen MR) is 74.2 cm³/mol. The maximum Gasteiger partial charge on any atom is 0.113 e. The molecule has 0 amide bonds. The lowest BCUT2D eigenvalue weighted by atomic mass is 10.2. The van der Waals surface area contributed by atoms with Gasteiger partial charge in [0.15, 0.2) is 0 Å². The minimum absolute atomic E-state index is 0.924. The summed E-state index contributed by atoms with van der Waals surface area (Å²) in [7, 11) is 0. The summed E-state index contributed by atoms with van der Waals surface area (Å²) in [4.78, 5) is 0. The molecule has 4 rings (SSSR count).